The third-order valence-electron chi connectivity index (χ3n) is 3.57. The van der Waals surface area contributed by atoms with Crippen LogP contribution in [0.5, 0.6) is 0 Å². The molecule has 4 heteroatoms. The van der Waals surface area contributed by atoms with Crippen LogP contribution in [0.1, 0.15) is 46.1 Å². The second-order valence-electron chi connectivity index (χ2n) is 4.77. The lowest BCUT2D eigenvalue weighted by molar-refractivity contribution is 0.110. The van der Waals surface area contributed by atoms with Crippen LogP contribution in [0.3, 0.4) is 0 Å². The van der Waals surface area contributed by atoms with Crippen LogP contribution in [-0.2, 0) is 0 Å². The van der Waals surface area contributed by atoms with Gasteiger partial charge in [0.05, 0.1) is 6.10 Å². The lowest BCUT2D eigenvalue weighted by atomic mass is 10.1. The van der Waals surface area contributed by atoms with Crippen molar-refractivity contribution in [3.63, 3.8) is 0 Å². The van der Waals surface area contributed by atoms with Crippen LogP contribution >= 0.6 is 12.2 Å². The number of aromatic nitrogens is 1. The fourth-order valence-corrected chi connectivity index (χ4v) is 2.84. The first-order chi connectivity index (χ1) is 10.8. The molecule has 0 radical (unpaired) electrons. The van der Waals surface area contributed by atoms with Crippen molar-refractivity contribution in [3.05, 3.63) is 36.0 Å². The van der Waals surface area contributed by atoms with Gasteiger partial charge < -0.3 is 15.0 Å². The average Bonchev–Trinajstić information content (AvgIpc) is 3.02. The van der Waals surface area contributed by atoms with E-state index in [1.165, 1.54) is 5.39 Å². The van der Waals surface area contributed by atoms with Crippen LogP contribution in [0.4, 0.5) is 0 Å². The van der Waals surface area contributed by atoms with Crippen LogP contribution in [0.25, 0.3) is 10.9 Å². The standard InChI is InChI=1S/C14H16N2OS.2C2H6/c17-10-5-7-16(8-6-10)14(18)12-9-15-13-4-2-1-3-11(12)13;2*1-2/h1-4,9-10,15,17H,5-8H2;2*1-2H3. The number of piperidine rings is 1. The Kier molecular flexibility index (Phi) is 8.13. The number of aliphatic hydroxyl groups excluding tert-OH is 1. The summed E-state index contributed by atoms with van der Waals surface area (Å²) in [6.07, 6.45) is 3.44. The Balaban J connectivity index is 0.000000561. The van der Waals surface area contributed by atoms with Gasteiger partial charge in [-0.25, -0.2) is 0 Å². The Morgan fingerprint density at radius 1 is 1.14 bits per heavy atom. The molecule has 0 spiro atoms. The summed E-state index contributed by atoms with van der Waals surface area (Å²) in [5.74, 6) is 0. The summed E-state index contributed by atoms with van der Waals surface area (Å²) in [5, 5.41) is 10.7. The number of nitrogens with one attached hydrogen (secondary N) is 1. The second-order valence-corrected chi connectivity index (χ2v) is 5.16. The maximum Gasteiger partial charge on any atom is 0.111 e. The summed E-state index contributed by atoms with van der Waals surface area (Å²) in [7, 11) is 0. The van der Waals surface area contributed by atoms with Gasteiger partial charge in [-0.1, -0.05) is 58.1 Å². The van der Waals surface area contributed by atoms with Crippen LogP contribution in [0.15, 0.2) is 30.5 Å². The molecule has 2 N–H and O–H groups in total. The van der Waals surface area contributed by atoms with Gasteiger partial charge in [0.1, 0.15) is 4.99 Å². The maximum atomic E-state index is 9.53. The Hall–Kier alpha value is -1.39. The normalized spacial score (nSPS) is 14.7. The molecule has 0 saturated carbocycles. The number of rotatable bonds is 1. The zero-order chi connectivity index (χ0) is 16.5. The highest BCUT2D eigenvalue weighted by atomic mass is 32.1. The number of aliphatic hydroxyl groups is 1. The van der Waals surface area contributed by atoms with Gasteiger partial charge in [-0.05, 0) is 18.9 Å². The minimum atomic E-state index is -0.160. The third kappa shape index (κ3) is 4.31. The molecule has 0 bridgehead atoms. The van der Waals surface area contributed by atoms with E-state index in [0.717, 1.165) is 42.0 Å². The molecule has 1 aromatic carbocycles. The van der Waals surface area contributed by atoms with Gasteiger partial charge in [0.25, 0.3) is 0 Å². The maximum absolute atomic E-state index is 9.53. The van der Waals surface area contributed by atoms with Gasteiger partial charge in [-0.2, -0.15) is 0 Å². The van der Waals surface area contributed by atoms with Crippen molar-refractivity contribution < 1.29 is 5.11 Å². The largest absolute Gasteiger partial charge is 0.393 e. The molecule has 3 rings (SSSR count). The van der Waals surface area contributed by atoms with Crippen molar-refractivity contribution in [3.8, 4) is 0 Å². The summed E-state index contributed by atoms with van der Waals surface area (Å²) in [6, 6.07) is 8.19. The van der Waals surface area contributed by atoms with E-state index in [9.17, 15) is 5.11 Å². The molecule has 0 aliphatic carbocycles. The molecule has 1 aromatic heterocycles. The lowest BCUT2D eigenvalue weighted by Gasteiger charge is -2.31. The molecule has 3 nitrogen and oxygen atoms in total. The van der Waals surface area contributed by atoms with Gasteiger partial charge in [0, 0.05) is 35.8 Å². The van der Waals surface area contributed by atoms with Gasteiger partial charge in [0.15, 0.2) is 0 Å². The summed E-state index contributed by atoms with van der Waals surface area (Å²) in [4.78, 5) is 6.33. The third-order valence-corrected chi connectivity index (χ3v) is 4.05. The topological polar surface area (TPSA) is 39.3 Å². The van der Waals surface area contributed by atoms with Crippen molar-refractivity contribution in [2.24, 2.45) is 0 Å². The highest BCUT2D eigenvalue weighted by Gasteiger charge is 2.21. The fourth-order valence-electron chi connectivity index (χ4n) is 2.49. The molecular weight excluding hydrogens is 292 g/mol. The number of aromatic amines is 1. The van der Waals surface area contributed by atoms with Gasteiger partial charge >= 0.3 is 0 Å². The number of para-hydroxylation sites is 1. The summed E-state index contributed by atoms with van der Waals surface area (Å²) < 4.78 is 0. The second kappa shape index (κ2) is 9.59. The van der Waals surface area contributed by atoms with Crippen molar-refractivity contribution >= 4 is 28.1 Å². The predicted octanol–water partition coefficient (Wildman–Crippen LogP) is 4.35. The highest BCUT2D eigenvalue weighted by Crippen LogP contribution is 2.22. The van der Waals surface area contributed by atoms with E-state index in [1.54, 1.807) is 0 Å². The first kappa shape index (κ1) is 18.7. The molecule has 122 valence electrons. The Morgan fingerprint density at radius 2 is 1.73 bits per heavy atom. The number of thiocarbonyl (C=S) groups is 1. The summed E-state index contributed by atoms with van der Waals surface area (Å²) >= 11 is 5.58. The molecular formula is C18H28N2OS. The summed E-state index contributed by atoms with van der Waals surface area (Å²) in [5.41, 5.74) is 2.21. The van der Waals surface area contributed by atoms with Crippen LogP contribution in [0, 0.1) is 0 Å². The number of benzene rings is 1. The summed E-state index contributed by atoms with van der Waals surface area (Å²) in [6.45, 7) is 9.69. The monoisotopic (exact) mass is 320 g/mol. The van der Waals surface area contributed by atoms with Gasteiger partial charge in [0.2, 0.25) is 0 Å². The molecule has 0 amide bonds. The zero-order valence-electron chi connectivity index (χ0n) is 14.1. The van der Waals surface area contributed by atoms with Crippen LogP contribution in [0.2, 0.25) is 0 Å². The van der Waals surface area contributed by atoms with E-state index in [1.807, 2.05) is 46.0 Å². The number of fused-ring (bicyclic) bond motifs is 1. The van der Waals surface area contributed by atoms with E-state index >= 15 is 0 Å². The molecule has 0 unspecified atom stereocenters. The van der Waals surface area contributed by atoms with Gasteiger partial charge in [-0.15, -0.1) is 0 Å². The van der Waals surface area contributed by atoms with Crippen LogP contribution < -0.4 is 0 Å². The molecule has 2 heterocycles. The molecule has 1 fully saturated rings. The fraction of sp³-hybridized carbons (Fsp3) is 0.500. The average molecular weight is 321 g/mol. The van der Waals surface area contributed by atoms with Gasteiger partial charge in [-0.3, -0.25) is 0 Å². The first-order valence-electron chi connectivity index (χ1n) is 8.29. The lowest BCUT2D eigenvalue weighted by Crippen LogP contribution is -2.39. The molecule has 2 aromatic rings. The SMILES string of the molecule is CC.CC.OC1CCN(C(=S)c2c[nH]c3ccccc23)CC1. The number of hydrogen-bond acceptors (Lipinski definition) is 2. The van der Waals surface area contributed by atoms with E-state index in [2.05, 4.69) is 22.0 Å². The minimum absolute atomic E-state index is 0.160. The number of hydrogen-bond donors (Lipinski definition) is 2. The molecule has 1 aliphatic rings. The van der Waals surface area contributed by atoms with Crippen LogP contribution in [-0.4, -0.2) is 39.2 Å². The Labute approximate surface area is 139 Å². The number of nitrogens with zero attached hydrogens (tertiary/aromatic N) is 1. The number of H-pyrrole nitrogens is 1. The predicted molar refractivity (Wildman–Crippen MR) is 99.5 cm³/mol. The minimum Gasteiger partial charge on any atom is -0.393 e. The van der Waals surface area contributed by atoms with Crippen molar-refractivity contribution in [1.82, 2.24) is 9.88 Å². The molecule has 1 saturated heterocycles. The molecule has 0 atom stereocenters. The first-order valence-corrected chi connectivity index (χ1v) is 8.70. The van der Waals surface area contributed by atoms with Crippen molar-refractivity contribution in [1.29, 1.82) is 0 Å². The molecule has 1 aliphatic heterocycles. The van der Waals surface area contributed by atoms with E-state index in [0.29, 0.717) is 0 Å². The van der Waals surface area contributed by atoms with E-state index < -0.39 is 0 Å². The molecule has 22 heavy (non-hydrogen) atoms. The Morgan fingerprint density at radius 3 is 2.36 bits per heavy atom. The number of likely N-dealkylation sites (tertiary alicyclic amines) is 1. The highest BCUT2D eigenvalue weighted by molar-refractivity contribution is 7.80. The van der Waals surface area contributed by atoms with Crippen molar-refractivity contribution in [2.45, 2.75) is 46.6 Å². The zero-order valence-corrected chi connectivity index (χ0v) is 14.9. The smallest absolute Gasteiger partial charge is 0.111 e. The van der Waals surface area contributed by atoms with E-state index in [4.69, 9.17) is 12.2 Å². The van der Waals surface area contributed by atoms with E-state index in [-0.39, 0.29) is 6.10 Å². The van der Waals surface area contributed by atoms with Crippen molar-refractivity contribution in [2.75, 3.05) is 13.1 Å². The Bertz CT molecular complexity index is 571. The quantitative estimate of drug-likeness (QED) is 0.767.